The number of ether oxygens (including phenoxy) is 1. The van der Waals surface area contributed by atoms with E-state index >= 15 is 0 Å². The minimum Gasteiger partial charge on any atom is -0.462 e. The topological polar surface area (TPSA) is 104 Å². The van der Waals surface area contributed by atoms with E-state index in [1.165, 1.54) is 23.1 Å². The summed E-state index contributed by atoms with van der Waals surface area (Å²) in [5.74, 6) is 0.301. The Morgan fingerprint density at radius 2 is 2.03 bits per heavy atom. The molecule has 3 rings (SSSR count). The Bertz CT molecular complexity index is 1170. The lowest BCUT2D eigenvalue weighted by molar-refractivity contribution is -0.113. The third kappa shape index (κ3) is 5.77. The van der Waals surface area contributed by atoms with Gasteiger partial charge in [-0.2, -0.15) is 5.10 Å². The van der Waals surface area contributed by atoms with Gasteiger partial charge in [0.1, 0.15) is 10.7 Å². The van der Waals surface area contributed by atoms with Gasteiger partial charge in [-0.05, 0) is 32.3 Å². The average molecular weight is 511 g/mol. The van der Waals surface area contributed by atoms with E-state index in [-0.39, 0.29) is 18.3 Å². The molecule has 33 heavy (non-hydrogen) atoms. The standard InChI is InChI=1S/C21H27ClN6O3S2/c1-7-31-20(30)16-12(4)13(5)33-19(16)23-15(29)10-32-21-25-24-18(28(21)8-11(2)3)17-14(22)9-27(6)26-17/h9,11H,7-8,10H2,1-6H3,(H,23,29). The first kappa shape index (κ1) is 25.3. The zero-order valence-corrected chi connectivity index (χ0v) is 21.8. The second kappa shape index (κ2) is 10.7. The predicted octanol–water partition coefficient (Wildman–Crippen LogP) is 4.57. The summed E-state index contributed by atoms with van der Waals surface area (Å²) in [7, 11) is 1.79. The highest BCUT2D eigenvalue weighted by Gasteiger charge is 2.24. The van der Waals surface area contributed by atoms with Crippen LogP contribution in [0.5, 0.6) is 0 Å². The van der Waals surface area contributed by atoms with Gasteiger partial charge in [0.15, 0.2) is 11.0 Å². The van der Waals surface area contributed by atoms with Crippen molar-refractivity contribution < 1.29 is 14.3 Å². The number of nitrogens with one attached hydrogen (secondary N) is 1. The Morgan fingerprint density at radius 3 is 2.64 bits per heavy atom. The first-order chi connectivity index (χ1) is 15.6. The van der Waals surface area contributed by atoms with E-state index in [0.717, 1.165) is 10.4 Å². The third-order valence-corrected chi connectivity index (χ3v) is 7.08. The normalized spacial score (nSPS) is 11.3. The molecule has 0 aliphatic heterocycles. The van der Waals surface area contributed by atoms with E-state index in [0.29, 0.717) is 44.7 Å². The quantitative estimate of drug-likeness (QED) is 0.332. The number of hydrogen-bond donors (Lipinski definition) is 1. The number of halogens is 1. The molecule has 0 atom stereocenters. The number of hydrogen-bond acceptors (Lipinski definition) is 8. The molecule has 3 aromatic heterocycles. The van der Waals surface area contributed by atoms with Gasteiger partial charge >= 0.3 is 5.97 Å². The number of esters is 1. The molecule has 9 nitrogen and oxygen atoms in total. The maximum Gasteiger partial charge on any atom is 0.341 e. The van der Waals surface area contributed by atoms with E-state index < -0.39 is 5.97 Å². The molecule has 0 radical (unpaired) electrons. The van der Waals surface area contributed by atoms with Crippen molar-refractivity contribution in [3.05, 3.63) is 27.2 Å². The Kier molecular flexibility index (Phi) is 8.19. The van der Waals surface area contributed by atoms with Crippen LogP contribution in [0.25, 0.3) is 11.5 Å². The molecule has 1 N–H and O–H groups in total. The molecule has 0 spiro atoms. The molecule has 1 amide bonds. The van der Waals surface area contributed by atoms with E-state index in [1.807, 2.05) is 18.4 Å². The lowest BCUT2D eigenvalue weighted by atomic mass is 10.1. The van der Waals surface area contributed by atoms with Crippen molar-refractivity contribution in [1.29, 1.82) is 0 Å². The summed E-state index contributed by atoms with van der Waals surface area (Å²) >= 11 is 8.95. The van der Waals surface area contributed by atoms with Crippen molar-refractivity contribution in [2.45, 2.75) is 46.3 Å². The maximum atomic E-state index is 12.7. The summed E-state index contributed by atoms with van der Waals surface area (Å²) in [4.78, 5) is 26.1. The van der Waals surface area contributed by atoms with E-state index in [2.05, 4.69) is 34.5 Å². The van der Waals surface area contributed by atoms with Crippen LogP contribution in [-0.4, -0.2) is 48.8 Å². The van der Waals surface area contributed by atoms with Crippen molar-refractivity contribution in [1.82, 2.24) is 24.5 Å². The molecule has 0 unspecified atom stereocenters. The van der Waals surface area contributed by atoms with Gasteiger partial charge < -0.3 is 14.6 Å². The fourth-order valence-electron chi connectivity index (χ4n) is 3.17. The van der Waals surface area contributed by atoms with Crippen LogP contribution in [0.4, 0.5) is 5.00 Å². The van der Waals surface area contributed by atoms with Gasteiger partial charge in [-0.25, -0.2) is 4.79 Å². The molecule has 0 saturated carbocycles. The van der Waals surface area contributed by atoms with Crippen molar-refractivity contribution >= 4 is 51.6 Å². The number of anilines is 1. The first-order valence-electron chi connectivity index (χ1n) is 10.4. The number of thiophene rings is 1. The maximum absolute atomic E-state index is 12.7. The first-order valence-corrected chi connectivity index (χ1v) is 12.6. The molecule has 0 bridgehead atoms. The van der Waals surface area contributed by atoms with Crippen molar-refractivity contribution in [2.24, 2.45) is 13.0 Å². The van der Waals surface area contributed by atoms with Crippen molar-refractivity contribution in [3.8, 4) is 11.5 Å². The molecule has 12 heteroatoms. The molecule has 0 fully saturated rings. The monoisotopic (exact) mass is 510 g/mol. The van der Waals surface area contributed by atoms with Crippen LogP contribution in [0, 0.1) is 19.8 Å². The highest BCUT2D eigenvalue weighted by atomic mass is 35.5. The number of rotatable bonds is 9. The van der Waals surface area contributed by atoms with Gasteiger partial charge in [-0.15, -0.1) is 21.5 Å². The third-order valence-electron chi connectivity index (χ3n) is 4.71. The Morgan fingerprint density at radius 1 is 1.30 bits per heavy atom. The van der Waals surface area contributed by atoms with Crippen LogP contribution >= 0.6 is 34.7 Å². The van der Waals surface area contributed by atoms with E-state index in [4.69, 9.17) is 16.3 Å². The van der Waals surface area contributed by atoms with Crippen LogP contribution in [0.2, 0.25) is 5.02 Å². The Balaban J connectivity index is 1.78. The largest absolute Gasteiger partial charge is 0.462 e. The lowest BCUT2D eigenvalue weighted by Gasteiger charge is -2.12. The molecular weight excluding hydrogens is 484 g/mol. The summed E-state index contributed by atoms with van der Waals surface area (Å²) < 4.78 is 8.71. The molecular formula is C21H27ClN6O3S2. The molecule has 3 heterocycles. The fourth-order valence-corrected chi connectivity index (χ4v) is 5.24. The minimum atomic E-state index is -0.434. The Hall–Kier alpha value is -2.37. The zero-order chi connectivity index (χ0) is 24.3. The number of thioether (sulfide) groups is 1. The number of carbonyl (C=O) groups excluding carboxylic acids is 2. The van der Waals surface area contributed by atoms with Gasteiger partial charge in [-0.1, -0.05) is 37.2 Å². The van der Waals surface area contributed by atoms with Gasteiger partial charge in [0.05, 0.1) is 22.9 Å². The van der Waals surface area contributed by atoms with E-state index in [1.54, 1.807) is 24.9 Å². The number of nitrogens with zero attached hydrogens (tertiary/aromatic N) is 5. The van der Waals surface area contributed by atoms with E-state index in [9.17, 15) is 9.59 Å². The predicted molar refractivity (Wildman–Crippen MR) is 131 cm³/mol. The summed E-state index contributed by atoms with van der Waals surface area (Å²) in [6.45, 7) is 10.6. The van der Waals surface area contributed by atoms with Crippen LogP contribution < -0.4 is 5.32 Å². The molecule has 3 aromatic rings. The number of aryl methyl sites for hydroxylation is 2. The zero-order valence-electron chi connectivity index (χ0n) is 19.4. The minimum absolute atomic E-state index is 0.102. The average Bonchev–Trinajstić information content (AvgIpc) is 3.35. The van der Waals surface area contributed by atoms with Crippen LogP contribution in [0.1, 0.15) is 41.6 Å². The van der Waals surface area contributed by atoms with Crippen LogP contribution in [0.3, 0.4) is 0 Å². The van der Waals surface area contributed by atoms with Crippen molar-refractivity contribution in [3.63, 3.8) is 0 Å². The second-order valence-electron chi connectivity index (χ2n) is 7.85. The summed E-state index contributed by atoms with van der Waals surface area (Å²) in [6.07, 6.45) is 1.71. The number of amides is 1. The smallest absolute Gasteiger partial charge is 0.341 e. The van der Waals surface area contributed by atoms with Crippen molar-refractivity contribution in [2.75, 3.05) is 17.7 Å². The summed E-state index contributed by atoms with van der Waals surface area (Å²) in [5, 5.41) is 17.4. The van der Waals surface area contributed by atoms with Crippen LogP contribution in [-0.2, 0) is 23.1 Å². The molecule has 0 aliphatic carbocycles. The second-order valence-corrected chi connectivity index (χ2v) is 10.4. The highest BCUT2D eigenvalue weighted by molar-refractivity contribution is 7.99. The van der Waals surface area contributed by atoms with Crippen LogP contribution in [0.15, 0.2) is 11.4 Å². The fraction of sp³-hybridized carbons (Fsp3) is 0.476. The molecule has 0 saturated heterocycles. The molecule has 178 valence electrons. The number of aromatic nitrogens is 5. The van der Waals surface area contributed by atoms with Gasteiger partial charge in [0.2, 0.25) is 5.91 Å². The SMILES string of the molecule is CCOC(=O)c1c(NC(=O)CSc2nnc(-c3nn(C)cc3Cl)n2CC(C)C)sc(C)c1C. The Labute approximate surface area is 205 Å². The highest BCUT2D eigenvalue weighted by Crippen LogP contribution is 2.34. The van der Waals surface area contributed by atoms with Gasteiger partial charge in [0, 0.05) is 24.7 Å². The summed E-state index contributed by atoms with van der Waals surface area (Å²) in [6, 6.07) is 0. The van der Waals surface area contributed by atoms with Gasteiger partial charge in [0.25, 0.3) is 0 Å². The lowest BCUT2D eigenvalue weighted by Crippen LogP contribution is -2.17. The van der Waals surface area contributed by atoms with Gasteiger partial charge in [-0.3, -0.25) is 9.48 Å². The molecule has 0 aliphatic rings. The molecule has 0 aromatic carbocycles. The summed E-state index contributed by atoms with van der Waals surface area (Å²) in [5.41, 5.74) is 1.77. The number of carbonyl (C=O) groups is 2.